The summed E-state index contributed by atoms with van der Waals surface area (Å²) in [6, 6.07) is 6.80. The molecule has 0 atom stereocenters. The Morgan fingerprint density at radius 2 is 1.95 bits per heavy atom. The van der Waals surface area contributed by atoms with Crippen LogP contribution >= 0.6 is 11.6 Å². The first kappa shape index (κ1) is 15.0. The minimum absolute atomic E-state index is 0.0834. The van der Waals surface area contributed by atoms with Crippen molar-refractivity contribution in [2.24, 2.45) is 0 Å². The van der Waals surface area contributed by atoms with Gasteiger partial charge in [0.1, 0.15) is 11.6 Å². The van der Waals surface area contributed by atoms with E-state index in [1.807, 2.05) is 13.0 Å². The van der Waals surface area contributed by atoms with Crippen molar-refractivity contribution in [3.63, 3.8) is 0 Å². The molecular weight excluding hydrogens is 303 g/mol. The van der Waals surface area contributed by atoms with Gasteiger partial charge in [0.25, 0.3) is 0 Å². The molecule has 1 aromatic carbocycles. The third kappa shape index (κ3) is 3.65. The van der Waals surface area contributed by atoms with Crippen LogP contribution in [0.4, 0.5) is 21.8 Å². The number of nitrogens with zero attached hydrogens (tertiary/aromatic N) is 2. The molecule has 22 heavy (non-hydrogen) atoms. The van der Waals surface area contributed by atoms with E-state index in [4.69, 9.17) is 11.6 Å². The molecule has 2 aromatic rings. The fourth-order valence-corrected chi connectivity index (χ4v) is 2.85. The average molecular weight is 321 g/mol. The Bertz CT molecular complexity index is 671. The van der Waals surface area contributed by atoms with Gasteiger partial charge in [0.15, 0.2) is 0 Å². The van der Waals surface area contributed by atoms with Crippen molar-refractivity contribution in [2.75, 3.05) is 10.6 Å². The number of nitrogens with one attached hydrogen (secondary N) is 2. The Balaban J connectivity index is 1.77. The van der Waals surface area contributed by atoms with Crippen molar-refractivity contribution < 1.29 is 4.39 Å². The Kier molecular flexibility index (Phi) is 4.43. The first-order chi connectivity index (χ1) is 10.6. The van der Waals surface area contributed by atoms with Crippen LogP contribution in [0.3, 0.4) is 0 Å². The molecule has 0 bridgehead atoms. The molecule has 2 N–H and O–H groups in total. The number of halogens is 2. The van der Waals surface area contributed by atoms with Crippen molar-refractivity contribution in [2.45, 2.75) is 38.6 Å². The second-order valence-corrected chi connectivity index (χ2v) is 6.00. The summed E-state index contributed by atoms with van der Waals surface area (Å²) in [5.74, 6) is 0.855. The molecule has 0 radical (unpaired) electrons. The maximum atomic E-state index is 13.2. The van der Waals surface area contributed by atoms with Crippen LogP contribution in [-0.4, -0.2) is 16.0 Å². The Labute approximate surface area is 134 Å². The van der Waals surface area contributed by atoms with E-state index in [2.05, 4.69) is 20.6 Å². The maximum Gasteiger partial charge on any atom is 0.225 e. The quantitative estimate of drug-likeness (QED) is 0.859. The molecule has 3 rings (SSSR count). The normalized spacial score (nSPS) is 15.0. The summed E-state index contributed by atoms with van der Waals surface area (Å²) < 4.78 is 13.2. The van der Waals surface area contributed by atoms with Gasteiger partial charge in [0, 0.05) is 23.5 Å². The lowest BCUT2D eigenvalue weighted by molar-refractivity contribution is 0.628. The SMILES string of the molecule is Cc1cc(Nc2ccc(F)c(Cl)c2)nc(NC2CCCC2)n1. The van der Waals surface area contributed by atoms with Gasteiger partial charge in [-0.05, 0) is 38.0 Å². The summed E-state index contributed by atoms with van der Waals surface area (Å²) >= 11 is 5.80. The van der Waals surface area contributed by atoms with Crippen molar-refractivity contribution >= 4 is 29.1 Å². The van der Waals surface area contributed by atoms with E-state index in [9.17, 15) is 4.39 Å². The molecular formula is C16H18ClFN4. The largest absolute Gasteiger partial charge is 0.351 e. The van der Waals surface area contributed by atoms with Crippen LogP contribution in [0.1, 0.15) is 31.4 Å². The predicted molar refractivity (Wildman–Crippen MR) is 87.3 cm³/mol. The molecule has 1 aromatic heterocycles. The highest BCUT2D eigenvalue weighted by Gasteiger charge is 2.16. The highest BCUT2D eigenvalue weighted by atomic mass is 35.5. The number of aromatic nitrogens is 2. The van der Waals surface area contributed by atoms with Crippen LogP contribution < -0.4 is 10.6 Å². The predicted octanol–water partition coefficient (Wildman–Crippen LogP) is 4.68. The first-order valence-electron chi connectivity index (χ1n) is 7.44. The second kappa shape index (κ2) is 6.48. The first-order valence-corrected chi connectivity index (χ1v) is 7.82. The second-order valence-electron chi connectivity index (χ2n) is 5.60. The zero-order valence-corrected chi connectivity index (χ0v) is 13.1. The molecule has 6 heteroatoms. The average Bonchev–Trinajstić information content (AvgIpc) is 2.95. The molecule has 116 valence electrons. The number of benzene rings is 1. The molecule has 0 spiro atoms. The minimum Gasteiger partial charge on any atom is -0.351 e. The van der Waals surface area contributed by atoms with Gasteiger partial charge in [-0.25, -0.2) is 9.37 Å². The molecule has 1 aliphatic carbocycles. The summed E-state index contributed by atoms with van der Waals surface area (Å²) in [6.07, 6.45) is 4.83. The zero-order valence-electron chi connectivity index (χ0n) is 12.4. The van der Waals surface area contributed by atoms with E-state index in [0.29, 0.717) is 23.5 Å². The number of hydrogen-bond donors (Lipinski definition) is 2. The van der Waals surface area contributed by atoms with Gasteiger partial charge in [-0.1, -0.05) is 24.4 Å². The zero-order chi connectivity index (χ0) is 15.5. The van der Waals surface area contributed by atoms with Crippen molar-refractivity contribution in [3.05, 3.63) is 40.8 Å². The summed E-state index contributed by atoms with van der Waals surface area (Å²) in [7, 11) is 0. The van der Waals surface area contributed by atoms with E-state index in [0.717, 1.165) is 18.5 Å². The smallest absolute Gasteiger partial charge is 0.225 e. The summed E-state index contributed by atoms with van der Waals surface area (Å²) in [5.41, 5.74) is 1.56. The monoisotopic (exact) mass is 320 g/mol. The highest BCUT2D eigenvalue weighted by molar-refractivity contribution is 6.31. The lowest BCUT2D eigenvalue weighted by Gasteiger charge is -2.14. The summed E-state index contributed by atoms with van der Waals surface area (Å²) in [6.45, 7) is 1.92. The van der Waals surface area contributed by atoms with Gasteiger partial charge >= 0.3 is 0 Å². The number of aryl methyl sites for hydroxylation is 1. The van der Waals surface area contributed by atoms with E-state index >= 15 is 0 Å². The van der Waals surface area contributed by atoms with Crippen LogP contribution in [0, 0.1) is 12.7 Å². The van der Waals surface area contributed by atoms with Crippen LogP contribution in [0.25, 0.3) is 0 Å². The van der Waals surface area contributed by atoms with E-state index in [1.54, 1.807) is 12.1 Å². The molecule has 1 fully saturated rings. The van der Waals surface area contributed by atoms with Gasteiger partial charge in [-0.3, -0.25) is 0 Å². The van der Waals surface area contributed by atoms with E-state index in [-0.39, 0.29) is 5.02 Å². The van der Waals surface area contributed by atoms with Crippen molar-refractivity contribution in [1.29, 1.82) is 0 Å². The molecule has 1 heterocycles. The molecule has 0 saturated heterocycles. The Morgan fingerprint density at radius 1 is 1.18 bits per heavy atom. The van der Waals surface area contributed by atoms with Gasteiger partial charge in [0.2, 0.25) is 5.95 Å². The van der Waals surface area contributed by atoms with Gasteiger partial charge in [-0.15, -0.1) is 0 Å². The third-order valence-electron chi connectivity index (χ3n) is 3.73. The molecule has 0 amide bonds. The number of rotatable bonds is 4. The maximum absolute atomic E-state index is 13.2. The van der Waals surface area contributed by atoms with E-state index < -0.39 is 5.82 Å². The van der Waals surface area contributed by atoms with Gasteiger partial charge < -0.3 is 10.6 Å². The fraction of sp³-hybridized carbons (Fsp3) is 0.375. The Morgan fingerprint density at radius 3 is 2.68 bits per heavy atom. The topological polar surface area (TPSA) is 49.8 Å². The lowest BCUT2D eigenvalue weighted by atomic mass is 10.2. The highest BCUT2D eigenvalue weighted by Crippen LogP contribution is 2.24. The van der Waals surface area contributed by atoms with Crippen LogP contribution in [-0.2, 0) is 0 Å². The standard InChI is InChI=1S/C16H18ClFN4/c1-10-8-15(20-12-6-7-14(18)13(17)9-12)22-16(19-10)21-11-4-2-3-5-11/h6-9,11H,2-5H2,1H3,(H2,19,20,21,22). The lowest BCUT2D eigenvalue weighted by Crippen LogP contribution is -2.17. The summed E-state index contributed by atoms with van der Waals surface area (Å²) in [5, 5.41) is 6.60. The van der Waals surface area contributed by atoms with Crippen molar-refractivity contribution in [3.8, 4) is 0 Å². The molecule has 1 saturated carbocycles. The Hall–Kier alpha value is -1.88. The van der Waals surface area contributed by atoms with Crippen LogP contribution in [0.2, 0.25) is 5.02 Å². The summed E-state index contributed by atoms with van der Waals surface area (Å²) in [4.78, 5) is 8.90. The van der Waals surface area contributed by atoms with Crippen LogP contribution in [0.5, 0.6) is 0 Å². The molecule has 4 nitrogen and oxygen atoms in total. The molecule has 1 aliphatic rings. The van der Waals surface area contributed by atoms with Crippen LogP contribution in [0.15, 0.2) is 24.3 Å². The molecule has 0 aliphatic heterocycles. The number of anilines is 3. The minimum atomic E-state index is -0.435. The van der Waals surface area contributed by atoms with Gasteiger partial charge in [0.05, 0.1) is 5.02 Å². The fourth-order valence-electron chi connectivity index (χ4n) is 2.67. The van der Waals surface area contributed by atoms with Crippen molar-refractivity contribution in [1.82, 2.24) is 9.97 Å². The third-order valence-corrected chi connectivity index (χ3v) is 4.02. The van der Waals surface area contributed by atoms with E-state index in [1.165, 1.54) is 18.9 Å². The molecule has 0 unspecified atom stereocenters. The van der Waals surface area contributed by atoms with Gasteiger partial charge in [-0.2, -0.15) is 4.98 Å². The number of hydrogen-bond acceptors (Lipinski definition) is 4.